The molecule has 0 amide bonds. The molecule has 1 saturated carbocycles. The molecule has 106 valence electrons. The molecule has 0 spiro atoms. The van der Waals surface area contributed by atoms with E-state index in [-0.39, 0.29) is 6.10 Å². The van der Waals surface area contributed by atoms with Gasteiger partial charge < -0.3 is 9.47 Å². The van der Waals surface area contributed by atoms with Gasteiger partial charge in [0, 0.05) is 5.88 Å². The van der Waals surface area contributed by atoms with Gasteiger partial charge in [-0.05, 0) is 43.4 Å². The van der Waals surface area contributed by atoms with Crippen LogP contribution in [0, 0.1) is 0 Å². The van der Waals surface area contributed by atoms with Crippen molar-refractivity contribution in [1.82, 2.24) is 0 Å². The molecule has 2 nitrogen and oxygen atoms in total. The van der Waals surface area contributed by atoms with Gasteiger partial charge in [0.15, 0.2) is 11.5 Å². The van der Waals surface area contributed by atoms with Gasteiger partial charge >= 0.3 is 0 Å². The largest absolute Gasteiger partial charge is 0.493 e. The predicted molar refractivity (Wildman–Crippen MR) is 79.7 cm³/mol. The Morgan fingerprint density at radius 3 is 2.42 bits per heavy atom. The Balaban J connectivity index is 2.18. The van der Waals surface area contributed by atoms with Crippen LogP contribution in [0.2, 0.25) is 5.02 Å². The van der Waals surface area contributed by atoms with E-state index in [2.05, 4.69) is 0 Å². The van der Waals surface area contributed by atoms with Crippen LogP contribution in [0.25, 0.3) is 0 Å². The Morgan fingerprint density at radius 1 is 1.16 bits per heavy atom. The van der Waals surface area contributed by atoms with Crippen LogP contribution in [0.1, 0.15) is 44.1 Å². The summed E-state index contributed by atoms with van der Waals surface area (Å²) in [6.07, 6.45) is 7.49. The Kier molecular flexibility index (Phi) is 5.65. The molecular weight excluding hydrogens is 283 g/mol. The van der Waals surface area contributed by atoms with E-state index >= 15 is 0 Å². The fourth-order valence-electron chi connectivity index (χ4n) is 2.49. The zero-order valence-electron chi connectivity index (χ0n) is 11.3. The lowest BCUT2D eigenvalue weighted by molar-refractivity contribution is 0.176. The van der Waals surface area contributed by atoms with Gasteiger partial charge in [0.1, 0.15) is 0 Å². The van der Waals surface area contributed by atoms with E-state index in [1.807, 2.05) is 12.1 Å². The molecule has 0 N–H and O–H groups in total. The highest BCUT2D eigenvalue weighted by Gasteiger charge is 2.18. The molecule has 0 heterocycles. The number of hydrogen-bond donors (Lipinski definition) is 0. The third-order valence-electron chi connectivity index (χ3n) is 3.53. The fourth-order valence-corrected chi connectivity index (χ4v) is 2.92. The predicted octanol–water partition coefficient (Wildman–Crippen LogP) is 5.19. The first-order valence-corrected chi connectivity index (χ1v) is 7.75. The molecule has 0 atom stereocenters. The maximum atomic E-state index is 6.29. The molecule has 1 aliphatic carbocycles. The topological polar surface area (TPSA) is 18.5 Å². The molecule has 1 aliphatic rings. The first kappa shape index (κ1) is 14.8. The van der Waals surface area contributed by atoms with Crippen LogP contribution in [0.3, 0.4) is 0 Å². The van der Waals surface area contributed by atoms with E-state index in [1.165, 1.54) is 25.7 Å². The Hall–Kier alpha value is -0.600. The number of halogens is 2. The summed E-state index contributed by atoms with van der Waals surface area (Å²) in [4.78, 5) is 0. The van der Waals surface area contributed by atoms with Crippen LogP contribution in [-0.2, 0) is 5.88 Å². The summed E-state index contributed by atoms with van der Waals surface area (Å²) >= 11 is 12.1. The number of methoxy groups -OCH3 is 1. The number of ether oxygens (including phenoxy) is 2. The lowest BCUT2D eigenvalue weighted by Gasteiger charge is -2.20. The molecule has 0 bridgehead atoms. The van der Waals surface area contributed by atoms with Crippen molar-refractivity contribution in [2.24, 2.45) is 0 Å². The summed E-state index contributed by atoms with van der Waals surface area (Å²) in [7, 11) is 1.63. The molecule has 19 heavy (non-hydrogen) atoms. The molecule has 0 aliphatic heterocycles. The minimum absolute atomic E-state index is 0.246. The second-order valence-electron chi connectivity index (χ2n) is 4.97. The molecule has 1 aromatic carbocycles. The van der Waals surface area contributed by atoms with Crippen molar-refractivity contribution >= 4 is 23.2 Å². The molecule has 0 saturated heterocycles. The van der Waals surface area contributed by atoms with Gasteiger partial charge in [0.25, 0.3) is 0 Å². The molecule has 0 aromatic heterocycles. The molecule has 1 aromatic rings. The maximum Gasteiger partial charge on any atom is 0.180 e. The van der Waals surface area contributed by atoms with Crippen molar-refractivity contribution in [3.63, 3.8) is 0 Å². The third kappa shape index (κ3) is 3.93. The van der Waals surface area contributed by atoms with Gasteiger partial charge in [-0.15, -0.1) is 11.6 Å². The molecule has 4 heteroatoms. The minimum atomic E-state index is 0.246. The van der Waals surface area contributed by atoms with Crippen LogP contribution in [0.15, 0.2) is 12.1 Å². The van der Waals surface area contributed by atoms with Crippen molar-refractivity contribution < 1.29 is 9.47 Å². The normalized spacial score (nSPS) is 17.0. The Bertz CT molecular complexity index is 413. The van der Waals surface area contributed by atoms with Crippen LogP contribution in [0.4, 0.5) is 0 Å². The number of rotatable bonds is 4. The second kappa shape index (κ2) is 7.25. The van der Waals surface area contributed by atoms with Crippen LogP contribution >= 0.6 is 23.2 Å². The standard InChI is InChI=1S/C15H20Cl2O2/c1-18-14-9-11(10-16)8-13(17)15(14)19-12-6-4-2-3-5-7-12/h8-9,12H,2-7,10H2,1H3. The molecular formula is C15H20Cl2O2. The van der Waals surface area contributed by atoms with Gasteiger partial charge in [-0.3, -0.25) is 0 Å². The van der Waals surface area contributed by atoms with E-state index < -0.39 is 0 Å². The van der Waals surface area contributed by atoms with Crippen molar-refractivity contribution in [2.75, 3.05) is 7.11 Å². The van der Waals surface area contributed by atoms with Gasteiger partial charge in [0.2, 0.25) is 0 Å². The Labute approximate surface area is 125 Å². The first-order valence-electron chi connectivity index (χ1n) is 6.83. The van der Waals surface area contributed by atoms with Crippen molar-refractivity contribution in [2.45, 2.75) is 50.5 Å². The SMILES string of the molecule is COc1cc(CCl)cc(Cl)c1OC1CCCCCC1. The third-order valence-corrected chi connectivity index (χ3v) is 4.12. The van der Waals surface area contributed by atoms with Gasteiger partial charge in [-0.2, -0.15) is 0 Å². The van der Waals surface area contributed by atoms with Gasteiger partial charge in [-0.25, -0.2) is 0 Å². The van der Waals surface area contributed by atoms with E-state index in [4.69, 9.17) is 32.7 Å². The lowest BCUT2D eigenvalue weighted by atomic mass is 10.1. The quantitative estimate of drug-likeness (QED) is 0.563. The molecule has 0 unspecified atom stereocenters. The summed E-state index contributed by atoms with van der Waals surface area (Å²) in [5.74, 6) is 1.75. The summed E-state index contributed by atoms with van der Waals surface area (Å²) in [6, 6.07) is 3.74. The lowest BCUT2D eigenvalue weighted by Crippen LogP contribution is -2.16. The first-order chi connectivity index (χ1) is 9.24. The summed E-state index contributed by atoms with van der Waals surface area (Å²) in [5, 5.41) is 0.583. The molecule has 2 rings (SSSR count). The van der Waals surface area contributed by atoms with Crippen molar-refractivity contribution in [3.05, 3.63) is 22.7 Å². The highest BCUT2D eigenvalue weighted by Crippen LogP contribution is 2.38. The summed E-state index contributed by atoms with van der Waals surface area (Å²) < 4.78 is 11.5. The average Bonchev–Trinajstić information content (AvgIpc) is 2.69. The van der Waals surface area contributed by atoms with Crippen LogP contribution in [0.5, 0.6) is 11.5 Å². The zero-order valence-corrected chi connectivity index (χ0v) is 12.8. The number of alkyl halides is 1. The van der Waals surface area contributed by atoms with Crippen molar-refractivity contribution in [1.29, 1.82) is 0 Å². The van der Waals surface area contributed by atoms with E-state index in [0.29, 0.717) is 22.4 Å². The highest BCUT2D eigenvalue weighted by molar-refractivity contribution is 6.32. The Morgan fingerprint density at radius 2 is 1.84 bits per heavy atom. The average molecular weight is 303 g/mol. The van der Waals surface area contributed by atoms with Gasteiger partial charge in [-0.1, -0.05) is 24.4 Å². The molecule has 0 radical (unpaired) electrons. The fraction of sp³-hybridized carbons (Fsp3) is 0.600. The number of benzene rings is 1. The maximum absolute atomic E-state index is 6.29. The summed E-state index contributed by atoms with van der Waals surface area (Å²) in [6.45, 7) is 0. The van der Waals surface area contributed by atoms with E-state index in [0.717, 1.165) is 18.4 Å². The van der Waals surface area contributed by atoms with Crippen LogP contribution in [-0.4, -0.2) is 13.2 Å². The minimum Gasteiger partial charge on any atom is -0.493 e. The summed E-state index contributed by atoms with van der Waals surface area (Å²) in [5.41, 5.74) is 0.941. The van der Waals surface area contributed by atoms with Gasteiger partial charge in [0.05, 0.1) is 18.2 Å². The monoisotopic (exact) mass is 302 g/mol. The van der Waals surface area contributed by atoms with E-state index in [1.54, 1.807) is 7.11 Å². The smallest absolute Gasteiger partial charge is 0.180 e. The zero-order chi connectivity index (χ0) is 13.7. The van der Waals surface area contributed by atoms with E-state index in [9.17, 15) is 0 Å². The number of hydrogen-bond acceptors (Lipinski definition) is 2. The highest BCUT2D eigenvalue weighted by atomic mass is 35.5. The van der Waals surface area contributed by atoms with Crippen molar-refractivity contribution in [3.8, 4) is 11.5 Å². The second-order valence-corrected chi connectivity index (χ2v) is 5.65. The molecule has 1 fully saturated rings. The van der Waals surface area contributed by atoms with Crippen LogP contribution < -0.4 is 9.47 Å².